The SMILES string of the molecule is CN(C)CCNCCOc1ccc(C(=C(c2ccccc2)c2ccccc2)c2ccccc2)cc1. The van der Waals surface area contributed by atoms with Gasteiger partial charge in [0.25, 0.3) is 0 Å². The number of nitrogens with one attached hydrogen (secondary N) is 1. The molecular formula is C32H34N2O. The Hall–Kier alpha value is -3.66. The van der Waals surface area contributed by atoms with E-state index in [1.54, 1.807) is 0 Å². The fourth-order valence-electron chi connectivity index (χ4n) is 4.11. The van der Waals surface area contributed by atoms with Gasteiger partial charge in [-0.05, 0) is 59.6 Å². The van der Waals surface area contributed by atoms with Crippen molar-refractivity contribution >= 4 is 11.1 Å². The first kappa shape index (κ1) is 24.5. The van der Waals surface area contributed by atoms with Crippen molar-refractivity contribution in [1.82, 2.24) is 10.2 Å². The molecule has 0 atom stereocenters. The number of hydrogen-bond donors (Lipinski definition) is 1. The molecule has 0 unspecified atom stereocenters. The minimum atomic E-state index is 0.646. The van der Waals surface area contributed by atoms with Crippen molar-refractivity contribution in [2.24, 2.45) is 0 Å². The van der Waals surface area contributed by atoms with Crippen LogP contribution in [0.4, 0.5) is 0 Å². The van der Waals surface area contributed by atoms with E-state index < -0.39 is 0 Å². The van der Waals surface area contributed by atoms with Crippen LogP contribution in [0, 0.1) is 0 Å². The van der Waals surface area contributed by atoms with Crippen LogP contribution in [-0.4, -0.2) is 45.2 Å². The van der Waals surface area contributed by atoms with E-state index in [2.05, 4.69) is 140 Å². The Labute approximate surface area is 209 Å². The van der Waals surface area contributed by atoms with Gasteiger partial charge in [0.1, 0.15) is 12.4 Å². The van der Waals surface area contributed by atoms with Crippen LogP contribution in [0.5, 0.6) is 5.75 Å². The smallest absolute Gasteiger partial charge is 0.119 e. The molecule has 0 aromatic heterocycles. The summed E-state index contributed by atoms with van der Waals surface area (Å²) in [5, 5.41) is 3.42. The molecular weight excluding hydrogens is 428 g/mol. The summed E-state index contributed by atoms with van der Waals surface area (Å²) in [6.45, 7) is 3.46. The molecule has 0 aliphatic heterocycles. The predicted octanol–water partition coefficient (Wildman–Crippen LogP) is 6.22. The lowest BCUT2D eigenvalue weighted by atomic mass is 9.86. The number of benzene rings is 4. The molecule has 178 valence electrons. The average Bonchev–Trinajstić information content (AvgIpc) is 2.91. The number of hydrogen-bond acceptors (Lipinski definition) is 3. The average molecular weight is 463 g/mol. The van der Waals surface area contributed by atoms with Crippen LogP contribution in [0.1, 0.15) is 22.3 Å². The molecule has 1 N–H and O–H groups in total. The van der Waals surface area contributed by atoms with Crippen molar-refractivity contribution in [2.75, 3.05) is 40.3 Å². The summed E-state index contributed by atoms with van der Waals surface area (Å²) in [5.41, 5.74) is 7.17. The molecule has 0 aliphatic rings. The van der Waals surface area contributed by atoms with Gasteiger partial charge in [-0.2, -0.15) is 0 Å². The molecule has 4 aromatic carbocycles. The lowest BCUT2D eigenvalue weighted by molar-refractivity contribution is 0.308. The van der Waals surface area contributed by atoms with Crippen molar-refractivity contribution < 1.29 is 4.74 Å². The Bertz CT molecular complexity index is 1140. The van der Waals surface area contributed by atoms with Gasteiger partial charge in [-0.1, -0.05) is 103 Å². The highest BCUT2D eigenvalue weighted by Crippen LogP contribution is 2.37. The molecule has 35 heavy (non-hydrogen) atoms. The third kappa shape index (κ3) is 6.92. The summed E-state index contributed by atoms with van der Waals surface area (Å²) in [7, 11) is 4.16. The molecule has 0 radical (unpaired) electrons. The fourth-order valence-corrected chi connectivity index (χ4v) is 4.11. The minimum absolute atomic E-state index is 0.646. The molecule has 4 aromatic rings. The highest BCUT2D eigenvalue weighted by atomic mass is 16.5. The van der Waals surface area contributed by atoms with Gasteiger partial charge < -0.3 is 15.0 Å². The Balaban J connectivity index is 1.66. The van der Waals surface area contributed by atoms with Crippen LogP contribution in [0.2, 0.25) is 0 Å². The van der Waals surface area contributed by atoms with E-state index in [1.165, 1.54) is 27.8 Å². The topological polar surface area (TPSA) is 24.5 Å². The van der Waals surface area contributed by atoms with Crippen molar-refractivity contribution in [3.05, 3.63) is 138 Å². The second-order valence-electron chi connectivity index (χ2n) is 8.77. The van der Waals surface area contributed by atoms with E-state index >= 15 is 0 Å². The van der Waals surface area contributed by atoms with Crippen molar-refractivity contribution in [2.45, 2.75) is 0 Å². The molecule has 0 bridgehead atoms. The first-order valence-corrected chi connectivity index (χ1v) is 12.2. The molecule has 0 amide bonds. The zero-order chi connectivity index (χ0) is 24.3. The van der Waals surface area contributed by atoms with Crippen LogP contribution in [0.25, 0.3) is 11.1 Å². The lowest BCUT2D eigenvalue weighted by Crippen LogP contribution is -2.29. The van der Waals surface area contributed by atoms with Crippen LogP contribution in [-0.2, 0) is 0 Å². The number of nitrogens with zero attached hydrogens (tertiary/aromatic N) is 1. The van der Waals surface area contributed by atoms with Crippen molar-refractivity contribution in [3.63, 3.8) is 0 Å². The summed E-state index contributed by atoms with van der Waals surface area (Å²) in [6.07, 6.45) is 0. The van der Waals surface area contributed by atoms with Crippen LogP contribution in [0.3, 0.4) is 0 Å². The molecule has 0 spiro atoms. The van der Waals surface area contributed by atoms with E-state index in [0.717, 1.165) is 30.9 Å². The second-order valence-corrected chi connectivity index (χ2v) is 8.77. The van der Waals surface area contributed by atoms with Crippen molar-refractivity contribution in [3.8, 4) is 5.75 Å². The highest BCUT2D eigenvalue weighted by molar-refractivity contribution is 6.04. The van der Waals surface area contributed by atoms with E-state index in [4.69, 9.17) is 4.74 Å². The zero-order valence-electron chi connectivity index (χ0n) is 20.7. The molecule has 3 nitrogen and oxygen atoms in total. The van der Waals surface area contributed by atoms with Gasteiger partial charge in [-0.25, -0.2) is 0 Å². The third-order valence-electron chi connectivity index (χ3n) is 5.86. The maximum absolute atomic E-state index is 5.99. The van der Waals surface area contributed by atoms with E-state index in [0.29, 0.717) is 6.61 Å². The molecule has 0 aliphatic carbocycles. The fraction of sp³-hybridized carbons (Fsp3) is 0.188. The Morgan fingerprint density at radius 1 is 0.571 bits per heavy atom. The molecule has 4 rings (SSSR count). The maximum Gasteiger partial charge on any atom is 0.119 e. The number of likely N-dealkylation sites (N-methyl/N-ethyl adjacent to an activating group) is 1. The molecule has 0 fully saturated rings. The van der Waals surface area contributed by atoms with Gasteiger partial charge >= 0.3 is 0 Å². The van der Waals surface area contributed by atoms with Gasteiger partial charge in [0, 0.05) is 19.6 Å². The summed E-state index contributed by atoms with van der Waals surface area (Å²) in [6, 6.07) is 40.4. The normalized spacial score (nSPS) is 10.8. The monoisotopic (exact) mass is 462 g/mol. The van der Waals surface area contributed by atoms with E-state index in [1.807, 2.05) is 0 Å². The molecule has 0 heterocycles. The summed E-state index contributed by atoms with van der Waals surface area (Å²) in [5.74, 6) is 0.886. The van der Waals surface area contributed by atoms with Crippen LogP contribution < -0.4 is 10.1 Å². The lowest BCUT2D eigenvalue weighted by Gasteiger charge is -2.18. The summed E-state index contributed by atoms with van der Waals surface area (Å²) in [4.78, 5) is 2.17. The first-order valence-electron chi connectivity index (χ1n) is 12.2. The third-order valence-corrected chi connectivity index (χ3v) is 5.86. The van der Waals surface area contributed by atoms with E-state index in [-0.39, 0.29) is 0 Å². The quantitative estimate of drug-likeness (QED) is 0.211. The molecule has 3 heteroatoms. The van der Waals surface area contributed by atoms with E-state index in [9.17, 15) is 0 Å². The molecule has 0 saturated carbocycles. The van der Waals surface area contributed by atoms with Crippen LogP contribution in [0.15, 0.2) is 115 Å². The summed E-state index contributed by atoms with van der Waals surface area (Å²) < 4.78 is 5.99. The number of ether oxygens (including phenoxy) is 1. The second kappa shape index (κ2) is 12.7. The summed E-state index contributed by atoms with van der Waals surface area (Å²) >= 11 is 0. The van der Waals surface area contributed by atoms with Gasteiger partial charge in [0.15, 0.2) is 0 Å². The predicted molar refractivity (Wildman–Crippen MR) is 148 cm³/mol. The Morgan fingerprint density at radius 3 is 1.43 bits per heavy atom. The standard InChI is InChI=1S/C32H34N2O/c1-34(2)24-22-33-23-25-35-30-20-18-29(19-21-30)32(28-16-10-5-11-17-28)31(26-12-6-3-7-13-26)27-14-8-4-9-15-27/h3-21,33H,22-25H2,1-2H3. The largest absolute Gasteiger partial charge is 0.492 e. The van der Waals surface area contributed by atoms with Gasteiger partial charge in [0.2, 0.25) is 0 Å². The Morgan fingerprint density at radius 2 is 1.00 bits per heavy atom. The Kier molecular flexibility index (Phi) is 8.88. The maximum atomic E-state index is 5.99. The highest BCUT2D eigenvalue weighted by Gasteiger charge is 2.16. The van der Waals surface area contributed by atoms with Gasteiger partial charge in [-0.15, -0.1) is 0 Å². The van der Waals surface area contributed by atoms with Crippen molar-refractivity contribution in [1.29, 1.82) is 0 Å². The van der Waals surface area contributed by atoms with Gasteiger partial charge in [-0.3, -0.25) is 0 Å². The minimum Gasteiger partial charge on any atom is -0.492 e. The first-order chi connectivity index (χ1) is 17.2. The number of rotatable bonds is 11. The van der Waals surface area contributed by atoms with Gasteiger partial charge in [0.05, 0.1) is 0 Å². The molecule has 0 saturated heterocycles. The van der Waals surface area contributed by atoms with Crippen LogP contribution >= 0.6 is 0 Å². The zero-order valence-corrected chi connectivity index (χ0v) is 20.7.